The monoisotopic (exact) mass is 265 g/mol. The first kappa shape index (κ1) is 12.5. The van der Waals surface area contributed by atoms with E-state index in [9.17, 15) is 9.18 Å². The average molecular weight is 265 g/mol. The predicted octanol–water partition coefficient (Wildman–Crippen LogP) is 2.97. The van der Waals surface area contributed by atoms with Crippen molar-refractivity contribution in [2.24, 2.45) is 0 Å². The van der Waals surface area contributed by atoms with Gasteiger partial charge in [-0.05, 0) is 19.1 Å². The molecule has 2 rings (SSSR count). The van der Waals surface area contributed by atoms with Crippen molar-refractivity contribution in [3.63, 3.8) is 0 Å². The lowest BCUT2D eigenvalue weighted by Gasteiger charge is -2.10. The summed E-state index contributed by atoms with van der Waals surface area (Å²) in [4.78, 5) is 16.0. The summed E-state index contributed by atoms with van der Waals surface area (Å²) in [5.41, 5.74) is 0.487. The van der Waals surface area contributed by atoms with Gasteiger partial charge >= 0.3 is 0 Å². The van der Waals surface area contributed by atoms with E-state index >= 15 is 0 Å². The van der Waals surface area contributed by atoms with E-state index < -0.39 is 5.82 Å². The fourth-order valence-electron chi connectivity index (χ4n) is 1.52. The highest BCUT2D eigenvalue weighted by atomic mass is 32.1. The summed E-state index contributed by atoms with van der Waals surface area (Å²) in [5, 5.41) is 7.73. The van der Waals surface area contributed by atoms with Gasteiger partial charge in [-0.1, -0.05) is 6.07 Å². The largest absolute Gasteiger partial charge is 0.382 e. The predicted molar refractivity (Wildman–Crippen MR) is 70.6 cm³/mol. The maximum Gasteiger partial charge on any atom is 0.259 e. The van der Waals surface area contributed by atoms with E-state index in [0.717, 1.165) is 0 Å². The van der Waals surface area contributed by atoms with Crippen LogP contribution in [0.4, 0.5) is 15.2 Å². The lowest BCUT2D eigenvalue weighted by Crippen LogP contribution is -2.15. The van der Waals surface area contributed by atoms with Crippen molar-refractivity contribution in [3.05, 3.63) is 41.2 Å². The topological polar surface area (TPSA) is 54.0 Å². The number of para-hydroxylation sites is 1. The molecule has 0 saturated carbocycles. The number of halogens is 1. The molecule has 0 fully saturated rings. The third-order valence-electron chi connectivity index (χ3n) is 2.26. The second-order valence-corrected chi connectivity index (χ2v) is 4.38. The zero-order valence-electron chi connectivity index (χ0n) is 9.74. The number of hydrogen-bond acceptors (Lipinski definition) is 4. The number of benzene rings is 1. The summed E-state index contributed by atoms with van der Waals surface area (Å²) < 4.78 is 13.6. The molecular weight excluding hydrogens is 253 g/mol. The molecule has 2 aromatic rings. The number of aromatic nitrogens is 1. The molecule has 0 radical (unpaired) electrons. The second kappa shape index (κ2) is 5.59. The molecular formula is C12H12FN3OS. The Hall–Kier alpha value is -1.95. The van der Waals surface area contributed by atoms with Gasteiger partial charge in [0.2, 0.25) is 0 Å². The van der Waals surface area contributed by atoms with Gasteiger partial charge in [0.1, 0.15) is 5.82 Å². The van der Waals surface area contributed by atoms with Gasteiger partial charge in [0.25, 0.3) is 5.91 Å². The molecule has 1 aromatic heterocycles. The molecule has 2 N–H and O–H groups in total. The van der Waals surface area contributed by atoms with E-state index in [1.807, 2.05) is 6.92 Å². The van der Waals surface area contributed by atoms with Crippen LogP contribution in [0.25, 0.3) is 0 Å². The van der Waals surface area contributed by atoms with Crippen LogP contribution >= 0.6 is 11.3 Å². The van der Waals surface area contributed by atoms with Crippen molar-refractivity contribution < 1.29 is 9.18 Å². The summed E-state index contributed by atoms with van der Waals surface area (Å²) >= 11 is 1.31. The van der Waals surface area contributed by atoms with Crippen molar-refractivity contribution in [2.75, 3.05) is 17.2 Å². The maximum atomic E-state index is 13.6. The highest BCUT2D eigenvalue weighted by Gasteiger charge is 2.15. The van der Waals surface area contributed by atoms with Gasteiger partial charge in [-0.3, -0.25) is 10.1 Å². The van der Waals surface area contributed by atoms with Crippen molar-refractivity contribution >= 4 is 28.1 Å². The van der Waals surface area contributed by atoms with Crippen LogP contribution in [0.5, 0.6) is 0 Å². The minimum absolute atomic E-state index is 0.217. The van der Waals surface area contributed by atoms with Crippen LogP contribution in [0.15, 0.2) is 29.8 Å². The lowest BCUT2D eigenvalue weighted by molar-refractivity contribution is 0.102. The zero-order valence-corrected chi connectivity index (χ0v) is 10.6. The van der Waals surface area contributed by atoms with Crippen molar-refractivity contribution in [2.45, 2.75) is 6.92 Å². The highest BCUT2D eigenvalue weighted by Crippen LogP contribution is 2.21. The van der Waals surface area contributed by atoms with E-state index in [1.54, 1.807) is 17.6 Å². The standard InChI is InChI=1S/C12H12FN3OS/c1-2-14-10-8(4-3-5-9(10)13)11(17)16-12-15-6-7-18-12/h3-7,14H,2H2,1H3,(H,15,16,17). The molecule has 0 aliphatic heterocycles. The summed E-state index contributed by atoms with van der Waals surface area (Å²) in [6, 6.07) is 4.40. The number of nitrogens with zero attached hydrogens (tertiary/aromatic N) is 1. The zero-order chi connectivity index (χ0) is 13.0. The number of nitrogens with one attached hydrogen (secondary N) is 2. The van der Waals surface area contributed by atoms with E-state index in [1.165, 1.54) is 23.5 Å². The molecule has 0 spiro atoms. The molecule has 0 saturated heterocycles. The first-order chi connectivity index (χ1) is 8.72. The quantitative estimate of drug-likeness (QED) is 0.893. The minimum Gasteiger partial charge on any atom is -0.382 e. The van der Waals surface area contributed by atoms with E-state index in [4.69, 9.17) is 0 Å². The fraction of sp³-hybridized carbons (Fsp3) is 0.167. The molecule has 0 aliphatic rings. The Labute approximate surface area is 108 Å². The van der Waals surface area contributed by atoms with Crippen molar-refractivity contribution in [3.8, 4) is 0 Å². The number of carbonyl (C=O) groups is 1. The van der Waals surface area contributed by atoms with E-state index in [-0.39, 0.29) is 17.2 Å². The first-order valence-electron chi connectivity index (χ1n) is 5.45. The molecule has 0 atom stereocenters. The molecule has 18 heavy (non-hydrogen) atoms. The summed E-state index contributed by atoms with van der Waals surface area (Å²) in [6.07, 6.45) is 1.59. The number of amides is 1. The Morgan fingerprint density at radius 3 is 3.00 bits per heavy atom. The van der Waals surface area contributed by atoms with Crippen LogP contribution in [0.1, 0.15) is 17.3 Å². The molecule has 4 nitrogen and oxygen atoms in total. The van der Waals surface area contributed by atoms with Gasteiger partial charge in [0.05, 0.1) is 11.3 Å². The second-order valence-electron chi connectivity index (χ2n) is 3.48. The Balaban J connectivity index is 2.26. The van der Waals surface area contributed by atoms with Crippen LogP contribution in [0.2, 0.25) is 0 Å². The molecule has 1 heterocycles. The fourth-order valence-corrected chi connectivity index (χ4v) is 2.04. The molecule has 0 aliphatic carbocycles. The summed E-state index contributed by atoms with van der Waals surface area (Å²) in [5.74, 6) is -0.816. The molecule has 94 valence electrons. The van der Waals surface area contributed by atoms with Crippen LogP contribution < -0.4 is 10.6 Å². The van der Waals surface area contributed by atoms with E-state index in [2.05, 4.69) is 15.6 Å². The number of thiazole rings is 1. The van der Waals surface area contributed by atoms with Gasteiger partial charge in [-0.2, -0.15) is 0 Å². The SMILES string of the molecule is CCNc1c(F)cccc1C(=O)Nc1nccs1. The number of anilines is 2. The van der Waals surface area contributed by atoms with Gasteiger partial charge in [0, 0.05) is 18.1 Å². The van der Waals surface area contributed by atoms with Crippen LogP contribution in [0, 0.1) is 5.82 Å². The molecule has 1 aromatic carbocycles. The summed E-state index contributed by atoms with van der Waals surface area (Å²) in [7, 11) is 0. The van der Waals surface area contributed by atoms with Crippen LogP contribution in [0.3, 0.4) is 0 Å². The van der Waals surface area contributed by atoms with Crippen LogP contribution in [-0.4, -0.2) is 17.4 Å². The van der Waals surface area contributed by atoms with Gasteiger partial charge in [0.15, 0.2) is 5.13 Å². The highest BCUT2D eigenvalue weighted by molar-refractivity contribution is 7.13. The van der Waals surface area contributed by atoms with Crippen LogP contribution in [-0.2, 0) is 0 Å². The molecule has 0 bridgehead atoms. The molecule has 1 amide bonds. The normalized spacial score (nSPS) is 10.1. The van der Waals surface area contributed by atoms with Gasteiger partial charge < -0.3 is 5.32 Å². The third kappa shape index (κ3) is 2.65. The van der Waals surface area contributed by atoms with Gasteiger partial charge in [-0.15, -0.1) is 11.3 Å². The number of carbonyl (C=O) groups excluding carboxylic acids is 1. The Morgan fingerprint density at radius 1 is 1.50 bits per heavy atom. The van der Waals surface area contributed by atoms with Crippen molar-refractivity contribution in [1.29, 1.82) is 0 Å². The van der Waals surface area contributed by atoms with Gasteiger partial charge in [-0.25, -0.2) is 9.37 Å². The minimum atomic E-state index is -0.441. The maximum absolute atomic E-state index is 13.6. The number of rotatable bonds is 4. The first-order valence-corrected chi connectivity index (χ1v) is 6.33. The Morgan fingerprint density at radius 2 is 2.33 bits per heavy atom. The van der Waals surface area contributed by atoms with Crippen molar-refractivity contribution in [1.82, 2.24) is 4.98 Å². The number of hydrogen-bond donors (Lipinski definition) is 2. The lowest BCUT2D eigenvalue weighted by atomic mass is 10.1. The smallest absolute Gasteiger partial charge is 0.259 e. The summed E-state index contributed by atoms with van der Waals surface area (Å²) in [6.45, 7) is 2.38. The molecule has 6 heteroatoms. The molecule has 0 unspecified atom stereocenters. The van der Waals surface area contributed by atoms with E-state index in [0.29, 0.717) is 11.7 Å². The average Bonchev–Trinajstić information content (AvgIpc) is 2.84. The Bertz CT molecular complexity index is 542. The Kier molecular flexibility index (Phi) is 3.88. The third-order valence-corrected chi connectivity index (χ3v) is 2.95.